The summed E-state index contributed by atoms with van der Waals surface area (Å²) in [4.78, 5) is 9.54. The summed E-state index contributed by atoms with van der Waals surface area (Å²) in [6, 6.07) is 0. The second-order valence-corrected chi connectivity index (χ2v) is 6.93. The molecule has 106 valence electrons. The maximum Gasteiger partial charge on any atom is 0.205 e. The average Bonchev–Trinajstić information content (AvgIpc) is 3.17. The summed E-state index contributed by atoms with van der Waals surface area (Å²) in [5, 5.41) is 1.10. The van der Waals surface area contributed by atoms with Crippen LogP contribution in [0.25, 0.3) is 0 Å². The summed E-state index contributed by atoms with van der Waals surface area (Å²) in [6.45, 7) is 9.33. The fourth-order valence-electron chi connectivity index (χ4n) is 2.49. The number of anilines is 1. The van der Waals surface area contributed by atoms with Crippen LogP contribution in [0.1, 0.15) is 38.4 Å². The summed E-state index contributed by atoms with van der Waals surface area (Å²) < 4.78 is 4.49. The molecule has 0 spiro atoms. The van der Waals surface area contributed by atoms with Crippen molar-refractivity contribution in [2.45, 2.75) is 38.1 Å². The predicted molar refractivity (Wildman–Crippen MR) is 78.8 cm³/mol. The lowest BCUT2D eigenvalue weighted by atomic mass is 10.0. The van der Waals surface area contributed by atoms with Crippen LogP contribution in [-0.4, -0.2) is 52.5 Å². The van der Waals surface area contributed by atoms with Gasteiger partial charge in [0.1, 0.15) is 5.82 Å². The van der Waals surface area contributed by atoms with Gasteiger partial charge in [0.05, 0.1) is 0 Å². The lowest BCUT2D eigenvalue weighted by Gasteiger charge is -2.43. The predicted octanol–water partition coefficient (Wildman–Crippen LogP) is 1.27. The highest BCUT2D eigenvalue weighted by molar-refractivity contribution is 7.09. The highest BCUT2D eigenvalue weighted by Gasteiger charge is 2.31. The molecule has 2 aliphatic rings. The standard InChI is InChI=1S/C13H23N5S/c1-13(2,9-14)18-7-5-17(6-8-18)12-15-11(16-19-12)10-3-4-10/h10H,3-9,14H2,1-2H3. The first-order valence-corrected chi connectivity index (χ1v) is 7.91. The Kier molecular flexibility index (Phi) is 3.49. The van der Waals surface area contributed by atoms with Crippen molar-refractivity contribution in [3.63, 3.8) is 0 Å². The second kappa shape index (κ2) is 5.00. The van der Waals surface area contributed by atoms with E-state index in [0.717, 1.165) is 37.1 Å². The van der Waals surface area contributed by atoms with Gasteiger partial charge in [0.25, 0.3) is 0 Å². The molecule has 0 atom stereocenters. The summed E-state index contributed by atoms with van der Waals surface area (Å²) in [6.07, 6.45) is 2.54. The van der Waals surface area contributed by atoms with E-state index in [1.165, 1.54) is 12.8 Å². The number of hydrogen-bond acceptors (Lipinski definition) is 6. The van der Waals surface area contributed by atoms with E-state index in [-0.39, 0.29) is 5.54 Å². The Labute approximate surface area is 119 Å². The van der Waals surface area contributed by atoms with Gasteiger partial charge in [0.2, 0.25) is 5.13 Å². The Balaban J connectivity index is 1.60. The van der Waals surface area contributed by atoms with E-state index in [1.807, 2.05) is 0 Å². The van der Waals surface area contributed by atoms with Crippen LogP contribution in [-0.2, 0) is 0 Å². The van der Waals surface area contributed by atoms with E-state index in [4.69, 9.17) is 10.7 Å². The molecule has 2 heterocycles. The third-order valence-corrected chi connectivity index (χ3v) is 5.07. The molecule has 0 bridgehead atoms. The van der Waals surface area contributed by atoms with Gasteiger partial charge >= 0.3 is 0 Å². The maximum absolute atomic E-state index is 5.85. The van der Waals surface area contributed by atoms with Crippen molar-refractivity contribution >= 4 is 16.7 Å². The average molecular weight is 281 g/mol. The molecule has 19 heavy (non-hydrogen) atoms. The molecule has 1 aliphatic carbocycles. The third kappa shape index (κ3) is 2.75. The second-order valence-electron chi connectivity index (χ2n) is 6.20. The van der Waals surface area contributed by atoms with Crippen LogP contribution in [0.5, 0.6) is 0 Å². The van der Waals surface area contributed by atoms with Crippen LogP contribution in [0.2, 0.25) is 0 Å². The molecule has 2 fully saturated rings. The zero-order valence-electron chi connectivity index (χ0n) is 11.8. The molecule has 0 amide bonds. The molecule has 1 aromatic rings. The lowest BCUT2D eigenvalue weighted by molar-refractivity contribution is 0.119. The summed E-state index contributed by atoms with van der Waals surface area (Å²) in [5.74, 6) is 1.73. The van der Waals surface area contributed by atoms with E-state index >= 15 is 0 Å². The fraction of sp³-hybridized carbons (Fsp3) is 0.846. The van der Waals surface area contributed by atoms with Crippen LogP contribution in [0.3, 0.4) is 0 Å². The monoisotopic (exact) mass is 281 g/mol. The van der Waals surface area contributed by atoms with Crippen LogP contribution < -0.4 is 10.6 Å². The number of rotatable bonds is 4. The van der Waals surface area contributed by atoms with Gasteiger partial charge in [-0.25, -0.2) is 4.98 Å². The molecule has 0 aromatic carbocycles. The van der Waals surface area contributed by atoms with Gasteiger partial charge in [-0.15, -0.1) is 0 Å². The van der Waals surface area contributed by atoms with Crippen LogP contribution in [0.15, 0.2) is 0 Å². The first-order chi connectivity index (χ1) is 9.10. The summed E-state index contributed by atoms with van der Waals surface area (Å²) in [7, 11) is 0. The van der Waals surface area contributed by atoms with E-state index in [1.54, 1.807) is 11.5 Å². The molecule has 1 saturated carbocycles. The molecular formula is C13H23N5S. The van der Waals surface area contributed by atoms with Crippen molar-refractivity contribution in [2.24, 2.45) is 5.73 Å². The van der Waals surface area contributed by atoms with Crippen molar-refractivity contribution < 1.29 is 0 Å². The van der Waals surface area contributed by atoms with E-state index in [2.05, 4.69) is 28.0 Å². The number of aromatic nitrogens is 2. The van der Waals surface area contributed by atoms with Gasteiger partial charge < -0.3 is 10.6 Å². The molecule has 6 heteroatoms. The first-order valence-electron chi connectivity index (χ1n) is 7.14. The fourth-order valence-corrected chi connectivity index (χ4v) is 3.29. The molecule has 5 nitrogen and oxygen atoms in total. The smallest absolute Gasteiger partial charge is 0.205 e. The van der Waals surface area contributed by atoms with Crippen LogP contribution >= 0.6 is 11.5 Å². The zero-order valence-corrected chi connectivity index (χ0v) is 12.6. The topological polar surface area (TPSA) is 58.3 Å². The SMILES string of the molecule is CC(C)(CN)N1CCN(c2nc(C3CC3)ns2)CC1. The molecule has 0 unspecified atom stereocenters. The van der Waals surface area contributed by atoms with Gasteiger partial charge in [-0.3, -0.25) is 4.90 Å². The van der Waals surface area contributed by atoms with Crippen LogP contribution in [0.4, 0.5) is 5.13 Å². The molecule has 1 aliphatic heterocycles. The molecule has 2 N–H and O–H groups in total. The number of hydrogen-bond donors (Lipinski definition) is 1. The minimum absolute atomic E-state index is 0.104. The largest absolute Gasteiger partial charge is 0.344 e. The highest BCUT2D eigenvalue weighted by Crippen LogP contribution is 2.39. The lowest BCUT2D eigenvalue weighted by Crippen LogP contribution is -2.57. The Hall–Kier alpha value is -0.720. The molecule has 1 aromatic heterocycles. The minimum Gasteiger partial charge on any atom is -0.344 e. The molecule has 1 saturated heterocycles. The van der Waals surface area contributed by atoms with E-state index in [9.17, 15) is 0 Å². The minimum atomic E-state index is 0.104. The number of piperazine rings is 1. The van der Waals surface area contributed by atoms with Crippen molar-refractivity contribution in [1.82, 2.24) is 14.3 Å². The van der Waals surface area contributed by atoms with Crippen molar-refractivity contribution in [1.29, 1.82) is 0 Å². The maximum atomic E-state index is 5.85. The Morgan fingerprint density at radius 2 is 1.95 bits per heavy atom. The quantitative estimate of drug-likeness (QED) is 0.901. The van der Waals surface area contributed by atoms with Gasteiger partial charge in [0.15, 0.2) is 0 Å². The Morgan fingerprint density at radius 3 is 2.53 bits per heavy atom. The van der Waals surface area contributed by atoms with Crippen molar-refractivity contribution in [3.8, 4) is 0 Å². The first kappa shape index (κ1) is 13.3. The molecule has 0 radical (unpaired) electrons. The number of nitrogens with zero attached hydrogens (tertiary/aromatic N) is 4. The van der Waals surface area contributed by atoms with Crippen LogP contribution in [0, 0.1) is 0 Å². The van der Waals surface area contributed by atoms with Gasteiger partial charge in [-0.1, -0.05) is 0 Å². The summed E-state index contributed by atoms with van der Waals surface area (Å²) >= 11 is 1.56. The van der Waals surface area contributed by atoms with E-state index < -0.39 is 0 Å². The van der Waals surface area contributed by atoms with Gasteiger partial charge in [-0.05, 0) is 26.7 Å². The highest BCUT2D eigenvalue weighted by atomic mass is 32.1. The van der Waals surface area contributed by atoms with Crippen molar-refractivity contribution in [2.75, 3.05) is 37.6 Å². The zero-order chi connectivity index (χ0) is 13.5. The summed E-state index contributed by atoms with van der Waals surface area (Å²) in [5.41, 5.74) is 5.95. The van der Waals surface area contributed by atoms with Crippen molar-refractivity contribution in [3.05, 3.63) is 5.82 Å². The normalized spacial score (nSPS) is 21.9. The molecule has 3 rings (SSSR count). The van der Waals surface area contributed by atoms with Gasteiger partial charge in [0, 0.05) is 55.7 Å². The molecular weight excluding hydrogens is 258 g/mol. The number of nitrogens with two attached hydrogens (primary N) is 1. The van der Waals surface area contributed by atoms with E-state index in [0.29, 0.717) is 12.5 Å². The van der Waals surface area contributed by atoms with Gasteiger partial charge in [-0.2, -0.15) is 4.37 Å². The third-order valence-electron chi connectivity index (χ3n) is 4.28. The Bertz CT molecular complexity index is 432. The Morgan fingerprint density at radius 1 is 1.26 bits per heavy atom.